The number of piperazine rings is 1. The smallest absolute Gasteiger partial charge is 0.159 e. The zero-order chi connectivity index (χ0) is 12.5. The maximum Gasteiger partial charge on any atom is 0.159 e. The maximum absolute atomic E-state index is 4.73. The molecule has 2 aromatic heterocycles. The second kappa shape index (κ2) is 4.66. The highest BCUT2D eigenvalue weighted by molar-refractivity contribution is 5.71. The van der Waals surface area contributed by atoms with E-state index in [4.69, 9.17) is 4.98 Å². The van der Waals surface area contributed by atoms with E-state index in [2.05, 4.69) is 33.7 Å². The highest BCUT2D eigenvalue weighted by Gasteiger charge is 2.22. The second-order valence-corrected chi connectivity index (χ2v) is 4.84. The molecule has 3 rings (SSSR count). The number of aryl methyl sites for hydroxylation is 1. The summed E-state index contributed by atoms with van der Waals surface area (Å²) < 4.78 is 2.11. The van der Waals surface area contributed by atoms with Crippen molar-refractivity contribution in [3.8, 4) is 0 Å². The summed E-state index contributed by atoms with van der Waals surface area (Å²) in [6.07, 6.45) is 1.82. The van der Waals surface area contributed by atoms with Gasteiger partial charge in [-0.05, 0) is 19.1 Å². The Kier molecular flexibility index (Phi) is 3.01. The van der Waals surface area contributed by atoms with Crippen LogP contribution in [0.15, 0.2) is 18.3 Å². The van der Waals surface area contributed by atoms with Crippen molar-refractivity contribution in [2.45, 2.75) is 13.0 Å². The van der Waals surface area contributed by atoms with E-state index in [-0.39, 0.29) is 0 Å². The number of fused-ring (bicyclic) bond motifs is 1. The van der Waals surface area contributed by atoms with Crippen LogP contribution in [0.2, 0.25) is 0 Å². The van der Waals surface area contributed by atoms with Crippen LogP contribution in [0.25, 0.3) is 11.2 Å². The van der Waals surface area contributed by atoms with Gasteiger partial charge in [0.1, 0.15) is 11.3 Å². The molecule has 0 saturated carbocycles. The van der Waals surface area contributed by atoms with Crippen molar-refractivity contribution < 1.29 is 0 Å². The Bertz CT molecular complexity index is 541. The van der Waals surface area contributed by atoms with Gasteiger partial charge >= 0.3 is 0 Å². The number of imidazole rings is 1. The molecular weight excluding hydrogens is 226 g/mol. The van der Waals surface area contributed by atoms with Gasteiger partial charge in [0.2, 0.25) is 0 Å². The van der Waals surface area contributed by atoms with Crippen molar-refractivity contribution in [1.29, 1.82) is 0 Å². The van der Waals surface area contributed by atoms with Crippen LogP contribution < -0.4 is 5.32 Å². The first-order valence-corrected chi connectivity index (χ1v) is 6.49. The zero-order valence-corrected chi connectivity index (χ0v) is 10.9. The molecular formula is C13H19N5. The minimum atomic E-state index is 0.339. The fourth-order valence-electron chi connectivity index (χ4n) is 2.65. The molecule has 0 aromatic carbocycles. The normalized spacial score (nSPS) is 19.2. The van der Waals surface area contributed by atoms with E-state index in [0.717, 1.165) is 43.2 Å². The number of pyridine rings is 1. The Balaban J connectivity index is 1.95. The summed E-state index contributed by atoms with van der Waals surface area (Å²) in [6, 6.07) is 4.30. The van der Waals surface area contributed by atoms with E-state index in [9.17, 15) is 0 Å². The fraction of sp³-hybridized carbons (Fsp3) is 0.538. The molecule has 1 saturated heterocycles. The Morgan fingerprint density at radius 3 is 2.83 bits per heavy atom. The van der Waals surface area contributed by atoms with Crippen LogP contribution in [0, 0.1) is 0 Å². The molecule has 1 atom stereocenters. The Morgan fingerprint density at radius 1 is 1.33 bits per heavy atom. The van der Waals surface area contributed by atoms with Gasteiger partial charge in [-0.15, -0.1) is 0 Å². The number of hydrogen-bond acceptors (Lipinski definition) is 4. The molecule has 18 heavy (non-hydrogen) atoms. The summed E-state index contributed by atoms with van der Waals surface area (Å²) >= 11 is 0. The van der Waals surface area contributed by atoms with Crippen molar-refractivity contribution >= 4 is 11.2 Å². The molecule has 1 unspecified atom stereocenters. The molecule has 1 aliphatic rings. The van der Waals surface area contributed by atoms with Crippen molar-refractivity contribution in [3.05, 3.63) is 24.2 Å². The van der Waals surface area contributed by atoms with Gasteiger partial charge in [-0.25, -0.2) is 9.97 Å². The number of rotatable bonds is 2. The fourth-order valence-corrected chi connectivity index (χ4v) is 2.65. The van der Waals surface area contributed by atoms with Crippen LogP contribution in [0.3, 0.4) is 0 Å². The number of aromatic nitrogens is 3. The number of nitrogens with one attached hydrogen (secondary N) is 1. The predicted molar refractivity (Wildman–Crippen MR) is 71.4 cm³/mol. The van der Waals surface area contributed by atoms with Gasteiger partial charge in [0.05, 0.1) is 6.04 Å². The molecule has 0 radical (unpaired) electrons. The maximum atomic E-state index is 4.73. The minimum absolute atomic E-state index is 0.339. The lowest BCUT2D eigenvalue weighted by atomic mass is 10.2. The monoisotopic (exact) mass is 245 g/mol. The second-order valence-electron chi connectivity index (χ2n) is 4.84. The molecule has 5 heteroatoms. The van der Waals surface area contributed by atoms with Gasteiger partial charge in [-0.1, -0.05) is 0 Å². The van der Waals surface area contributed by atoms with E-state index in [1.165, 1.54) is 0 Å². The molecule has 96 valence electrons. The lowest BCUT2D eigenvalue weighted by Crippen LogP contribution is -2.44. The summed E-state index contributed by atoms with van der Waals surface area (Å²) in [5.41, 5.74) is 1.95. The first-order valence-electron chi connectivity index (χ1n) is 6.49. The van der Waals surface area contributed by atoms with Crippen molar-refractivity contribution in [1.82, 2.24) is 24.8 Å². The third-order valence-electron chi connectivity index (χ3n) is 3.74. The summed E-state index contributed by atoms with van der Waals surface area (Å²) in [7, 11) is 2.05. The van der Waals surface area contributed by atoms with Crippen LogP contribution in [0.4, 0.5) is 0 Å². The quantitative estimate of drug-likeness (QED) is 0.855. The first kappa shape index (κ1) is 11.6. The van der Waals surface area contributed by atoms with E-state index in [1.807, 2.05) is 18.3 Å². The number of nitrogens with zero attached hydrogens (tertiary/aromatic N) is 4. The zero-order valence-electron chi connectivity index (χ0n) is 10.9. The molecule has 3 heterocycles. The summed E-state index contributed by atoms with van der Waals surface area (Å²) in [5, 5.41) is 3.38. The summed E-state index contributed by atoms with van der Waals surface area (Å²) in [6.45, 7) is 6.52. The highest BCUT2D eigenvalue weighted by atomic mass is 15.2. The molecule has 0 aliphatic carbocycles. The minimum Gasteiger partial charge on any atom is -0.315 e. The highest BCUT2D eigenvalue weighted by Crippen LogP contribution is 2.22. The SMILES string of the molecule is CC(c1nc2cccnc2n1C)N1CCNCC1. The van der Waals surface area contributed by atoms with Crippen molar-refractivity contribution in [2.75, 3.05) is 26.2 Å². The van der Waals surface area contributed by atoms with Crippen molar-refractivity contribution in [3.63, 3.8) is 0 Å². The lowest BCUT2D eigenvalue weighted by molar-refractivity contribution is 0.177. The van der Waals surface area contributed by atoms with Gasteiger partial charge in [-0.2, -0.15) is 0 Å². The van der Waals surface area contributed by atoms with Crippen molar-refractivity contribution in [2.24, 2.45) is 7.05 Å². The molecule has 1 aliphatic heterocycles. The van der Waals surface area contributed by atoms with E-state index in [1.54, 1.807) is 0 Å². The standard InChI is InChI=1S/C13H19N5/c1-10(18-8-6-14-7-9-18)12-16-11-4-3-5-15-13(11)17(12)2/h3-5,10,14H,6-9H2,1-2H3. The van der Waals surface area contributed by atoms with Gasteiger partial charge in [0.15, 0.2) is 5.65 Å². The van der Waals surface area contributed by atoms with Crippen LogP contribution >= 0.6 is 0 Å². The number of hydrogen-bond donors (Lipinski definition) is 1. The van der Waals surface area contributed by atoms with E-state index >= 15 is 0 Å². The van der Waals surface area contributed by atoms with Crippen LogP contribution in [0.1, 0.15) is 18.8 Å². The molecule has 1 N–H and O–H groups in total. The van der Waals surface area contributed by atoms with Gasteiger partial charge in [-0.3, -0.25) is 4.90 Å². The third kappa shape index (κ3) is 1.89. The molecule has 2 aromatic rings. The summed E-state index contributed by atoms with van der Waals surface area (Å²) in [5.74, 6) is 1.10. The molecule has 1 fully saturated rings. The van der Waals surface area contributed by atoms with Crippen LogP contribution in [-0.2, 0) is 7.05 Å². The van der Waals surface area contributed by atoms with Gasteiger partial charge < -0.3 is 9.88 Å². The molecule has 0 amide bonds. The predicted octanol–water partition coefficient (Wildman–Crippen LogP) is 0.934. The van der Waals surface area contributed by atoms with E-state index < -0.39 is 0 Å². The first-order chi connectivity index (χ1) is 8.77. The molecule has 0 bridgehead atoms. The Morgan fingerprint density at radius 2 is 2.11 bits per heavy atom. The lowest BCUT2D eigenvalue weighted by Gasteiger charge is -2.32. The molecule has 0 spiro atoms. The van der Waals surface area contributed by atoms with Gasteiger partial charge in [0, 0.05) is 39.4 Å². The summed E-state index contributed by atoms with van der Waals surface area (Å²) in [4.78, 5) is 11.6. The Hall–Kier alpha value is -1.46. The average molecular weight is 245 g/mol. The topological polar surface area (TPSA) is 46.0 Å². The largest absolute Gasteiger partial charge is 0.315 e. The third-order valence-corrected chi connectivity index (χ3v) is 3.74. The Labute approximate surface area is 107 Å². The van der Waals surface area contributed by atoms with Crippen LogP contribution in [-0.4, -0.2) is 45.6 Å². The van der Waals surface area contributed by atoms with E-state index in [0.29, 0.717) is 6.04 Å². The van der Waals surface area contributed by atoms with Gasteiger partial charge in [0.25, 0.3) is 0 Å². The average Bonchev–Trinajstić information content (AvgIpc) is 2.77. The van der Waals surface area contributed by atoms with Crippen LogP contribution in [0.5, 0.6) is 0 Å². The molecule has 5 nitrogen and oxygen atoms in total.